The molecule has 0 aliphatic carbocycles. The smallest absolute Gasteiger partial charge is 0.243 e. The maximum absolute atomic E-state index is 14.0. The van der Waals surface area contributed by atoms with Crippen molar-refractivity contribution in [2.45, 2.75) is 121 Å². The summed E-state index contributed by atoms with van der Waals surface area (Å²) in [5.41, 5.74) is 23.4. The average Bonchev–Trinajstić information content (AvgIpc) is 3.33. The van der Waals surface area contributed by atoms with E-state index in [0.29, 0.717) is 23.2 Å². The number of phenols is 1. The van der Waals surface area contributed by atoms with E-state index >= 15 is 0 Å². The van der Waals surface area contributed by atoms with Gasteiger partial charge in [-0.3, -0.25) is 57.5 Å². The highest BCUT2D eigenvalue weighted by Gasteiger charge is 2.35. The molecule has 3 rings (SSSR count). The predicted octanol–water partition coefficient (Wildman–Crippen LogP) is -4.35. The Labute approximate surface area is 420 Å². The van der Waals surface area contributed by atoms with Crippen LogP contribution < -0.4 is 70.8 Å². The van der Waals surface area contributed by atoms with Crippen molar-refractivity contribution < 1.29 is 62.6 Å². The van der Waals surface area contributed by atoms with E-state index in [9.17, 15) is 62.6 Å². The highest BCUT2D eigenvalue weighted by Crippen LogP contribution is 2.15. The molecule has 2 aromatic carbocycles. The lowest BCUT2D eigenvalue weighted by atomic mass is 9.96. The summed E-state index contributed by atoms with van der Waals surface area (Å²) in [4.78, 5) is 157. The number of unbranched alkanes of at least 4 members (excludes halogenated alkanes) is 1. The van der Waals surface area contributed by atoms with E-state index in [0.717, 1.165) is 0 Å². The van der Waals surface area contributed by atoms with E-state index in [1.54, 1.807) is 38.1 Å². The first-order valence-corrected chi connectivity index (χ1v) is 23.6. The summed E-state index contributed by atoms with van der Waals surface area (Å²) in [6, 6.07) is 3.64. The molecule has 12 amide bonds. The molecule has 18 N–H and O–H groups in total. The van der Waals surface area contributed by atoms with Crippen molar-refractivity contribution in [3.05, 3.63) is 59.7 Å². The van der Waals surface area contributed by atoms with Gasteiger partial charge in [-0.25, -0.2) is 0 Å². The Morgan fingerprint density at radius 2 is 1.33 bits per heavy atom. The van der Waals surface area contributed by atoms with Gasteiger partial charge in [-0.2, -0.15) is 0 Å². The third-order valence-electron chi connectivity index (χ3n) is 11.5. The molecule has 1 aliphatic heterocycles. The van der Waals surface area contributed by atoms with Crippen molar-refractivity contribution in [2.75, 3.05) is 25.4 Å². The van der Waals surface area contributed by atoms with Crippen LogP contribution in [0.5, 0.6) is 5.75 Å². The Kier molecular flexibility index (Phi) is 24.1. The molecule has 398 valence electrons. The second kappa shape index (κ2) is 29.8. The van der Waals surface area contributed by atoms with Crippen LogP contribution >= 0.6 is 0 Å². The van der Waals surface area contributed by atoms with Gasteiger partial charge in [0, 0.05) is 44.3 Å². The van der Waals surface area contributed by atoms with Gasteiger partial charge in [-0.05, 0) is 67.0 Å². The van der Waals surface area contributed by atoms with Gasteiger partial charge in [0.1, 0.15) is 42.0 Å². The third kappa shape index (κ3) is 21.7. The van der Waals surface area contributed by atoms with Gasteiger partial charge in [0.15, 0.2) is 0 Å². The molecule has 0 unspecified atom stereocenters. The van der Waals surface area contributed by atoms with Gasteiger partial charge in [-0.1, -0.05) is 44.5 Å². The van der Waals surface area contributed by atoms with Gasteiger partial charge < -0.3 is 75.9 Å². The van der Waals surface area contributed by atoms with E-state index in [2.05, 4.69) is 47.9 Å². The first-order chi connectivity index (χ1) is 34.5. The minimum absolute atomic E-state index is 0.0570. The summed E-state index contributed by atoms with van der Waals surface area (Å²) in [5, 5.41) is 32.2. The normalized spacial score (nSPS) is 20.2. The molecular weight excluding hydrogens is 955 g/mol. The minimum atomic E-state index is -1.78. The number of nitrogens with two attached hydrogens (primary N) is 4. The van der Waals surface area contributed by atoms with Gasteiger partial charge in [0.25, 0.3) is 0 Å². The fourth-order valence-electron chi connectivity index (χ4n) is 7.27. The summed E-state index contributed by atoms with van der Waals surface area (Å²) in [5.74, 6) is -10.9. The molecule has 1 saturated heterocycles. The first kappa shape index (κ1) is 59.0. The Balaban J connectivity index is 1.85. The van der Waals surface area contributed by atoms with Crippen molar-refractivity contribution in [1.29, 1.82) is 0 Å². The number of nitrogen functional groups attached to an aromatic ring is 1. The number of phenolic OH excluding ortho intramolecular Hbond substituents is 1. The highest BCUT2D eigenvalue weighted by atomic mass is 16.3. The average molecular weight is 1020 g/mol. The van der Waals surface area contributed by atoms with Gasteiger partial charge >= 0.3 is 0 Å². The number of hydrogen-bond acceptors (Lipinski definition) is 14. The van der Waals surface area contributed by atoms with Crippen molar-refractivity contribution >= 4 is 76.6 Å². The predicted molar refractivity (Wildman–Crippen MR) is 261 cm³/mol. The number of aromatic hydroxyl groups is 1. The maximum atomic E-state index is 14.0. The summed E-state index contributed by atoms with van der Waals surface area (Å²) >= 11 is 0. The van der Waals surface area contributed by atoms with Crippen LogP contribution in [0.15, 0.2) is 48.5 Å². The standard InChI is InChI=1S/C47H67N13O13/c1-3-25(2)41-47(73)58-31(15-17-35(49)62)44(70)59-34(22-36(50)63)45(71)57-30(16-18-38(65)53-24-40(67)56-33(46(72)60-41)21-27-9-13-29(61)14-10-27)42(68)52-19-5-4-6-39(66)55-32(43(69)54-23-37(51)64)20-26-7-11-28(48)12-8-26/h7-14,25,30-34,41,61H,3-6,15-24,48H2,1-2H3,(H2,49,62)(H2,50,63)(H2,51,64)(H,52,68)(H,53,65)(H,54,69)(H,55,66)(H,56,67)(H,57,71)(H,58,73)(H,59,70)(H,60,72)/t25-,30-,31-,32-,33-,34-,41-/m0/s1. The van der Waals surface area contributed by atoms with Crippen LogP contribution in [0.1, 0.15) is 82.8 Å². The summed E-state index contributed by atoms with van der Waals surface area (Å²) < 4.78 is 0. The molecule has 1 fully saturated rings. The number of carbonyl (C=O) groups excluding carboxylic acids is 12. The molecule has 26 nitrogen and oxygen atoms in total. The lowest BCUT2D eigenvalue weighted by Crippen LogP contribution is -2.61. The number of benzene rings is 2. The molecule has 1 aliphatic rings. The molecule has 0 aromatic heterocycles. The van der Waals surface area contributed by atoms with Gasteiger partial charge in [0.2, 0.25) is 70.9 Å². The minimum Gasteiger partial charge on any atom is -0.508 e. The molecule has 0 radical (unpaired) electrons. The highest BCUT2D eigenvalue weighted by molar-refractivity contribution is 5.98. The zero-order valence-electron chi connectivity index (χ0n) is 40.7. The molecule has 0 spiro atoms. The number of hydrogen-bond donors (Lipinski definition) is 14. The molecule has 1 heterocycles. The third-order valence-corrected chi connectivity index (χ3v) is 11.5. The lowest BCUT2D eigenvalue weighted by molar-refractivity contribution is -0.136. The number of carbonyl (C=O) groups is 12. The Hall–Kier alpha value is -8.32. The molecule has 73 heavy (non-hydrogen) atoms. The summed E-state index contributed by atoms with van der Waals surface area (Å²) in [6.45, 7) is 2.17. The lowest BCUT2D eigenvalue weighted by Gasteiger charge is -2.29. The van der Waals surface area contributed by atoms with Crippen molar-refractivity contribution in [2.24, 2.45) is 23.1 Å². The number of nitrogens with one attached hydrogen (secondary N) is 9. The van der Waals surface area contributed by atoms with E-state index in [4.69, 9.17) is 22.9 Å². The fourth-order valence-corrected chi connectivity index (χ4v) is 7.27. The first-order valence-electron chi connectivity index (χ1n) is 23.6. The summed E-state index contributed by atoms with van der Waals surface area (Å²) in [7, 11) is 0. The Morgan fingerprint density at radius 1 is 0.699 bits per heavy atom. The SMILES string of the molecule is CC[C@H](C)[C@@H]1NC(=O)[C@H](Cc2ccc(O)cc2)NC(=O)CNC(=O)CC[C@@H](C(=O)NCCCCC(=O)N[C@@H](Cc2ccc(N)cc2)C(=O)NCC(N)=O)NC(=O)[C@H](CC(N)=O)NC(=O)[C@H](CCC(N)=O)NC1=O. The topological polar surface area (TPSA) is 437 Å². The Bertz CT molecular complexity index is 2310. The second-order valence-electron chi connectivity index (χ2n) is 17.5. The van der Waals surface area contributed by atoms with Gasteiger partial charge in [-0.15, -0.1) is 0 Å². The maximum Gasteiger partial charge on any atom is 0.243 e. The van der Waals surface area contributed by atoms with Crippen LogP contribution in [0.25, 0.3) is 0 Å². The van der Waals surface area contributed by atoms with Crippen molar-refractivity contribution in [3.8, 4) is 5.75 Å². The fraction of sp³-hybridized carbons (Fsp3) is 0.489. The number of primary amides is 3. The van der Waals surface area contributed by atoms with Crippen LogP contribution in [0.4, 0.5) is 5.69 Å². The molecule has 0 saturated carbocycles. The zero-order chi connectivity index (χ0) is 54.2. The van der Waals surface area contributed by atoms with Gasteiger partial charge in [0.05, 0.1) is 19.5 Å². The van der Waals surface area contributed by atoms with E-state index < -0.39 is 158 Å². The Morgan fingerprint density at radius 3 is 1.96 bits per heavy atom. The van der Waals surface area contributed by atoms with Crippen molar-refractivity contribution in [1.82, 2.24) is 47.9 Å². The molecule has 0 bridgehead atoms. The van der Waals surface area contributed by atoms with Crippen LogP contribution in [-0.4, -0.2) is 132 Å². The number of amides is 12. The quantitative estimate of drug-likeness (QED) is 0.0416. The van der Waals surface area contributed by atoms with Crippen LogP contribution in [-0.2, 0) is 70.4 Å². The molecule has 2 aromatic rings. The van der Waals surface area contributed by atoms with E-state index in [1.807, 2.05) is 0 Å². The van der Waals surface area contributed by atoms with Crippen molar-refractivity contribution in [3.63, 3.8) is 0 Å². The molecular formula is C47H67N13O13. The van der Waals surface area contributed by atoms with Crippen LogP contribution in [0.3, 0.4) is 0 Å². The number of rotatable bonds is 21. The van der Waals surface area contributed by atoms with E-state index in [-0.39, 0.29) is 44.4 Å². The van der Waals surface area contributed by atoms with E-state index in [1.165, 1.54) is 24.3 Å². The van der Waals surface area contributed by atoms with Crippen LogP contribution in [0.2, 0.25) is 0 Å². The largest absolute Gasteiger partial charge is 0.508 e. The monoisotopic (exact) mass is 1020 g/mol. The number of anilines is 1. The second-order valence-corrected chi connectivity index (χ2v) is 17.5. The summed E-state index contributed by atoms with van der Waals surface area (Å²) in [6.07, 6.45) is -2.05. The molecule has 7 atom stereocenters. The molecule has 26 heteroatoms. The zero-order valence-corrected chi connectivity index (χ0v) is 40.7. The van der Waals surface area contributed by atoms with Crippen LogP contribution in [0, 0.1) is 5.92 Å².